The van der Waals surface area contributed by atoms with E-state index in [0.29, 0.717) is 12.2 Å². The van der Waals surface area contributed by atoms with Gasteiger partial charge in [0.2, 0.25) is 0 Å². The van der Waals surface area contributed by atoms with Crippen LogP contribution in [0.1, 0.15) is 38.8 Å². The van der Waals surface area contributed by atoms with Crippen molar-refractivity contribution in [3.63, 3.8) is 0 Å². The number of benzene rings is 1. The molecule has 0 spiro atoms. The number of carbonyl (C=O) groups excluding carboxylic acids is 1. The molecule has 1 aromatic carbocycles. The van der Waals surface area contributed by atoms with Crippen LogP contribution in [0.25, 0.3) is 0 Å². The zero-order chi connectivity index (χ0) is 16.8. The van der Waals surface area contributed by atoms with E-state index in [1.54, 1.807) is 11.3 Å². The van der Waals surface area contributed by atoms with Gasteiger partial charge in [0.25, 0.3) is 0 Å². The van der Waals surface area contributed by atoms with Gasteiger partial charge in [0.1, 0.15) is 5.75 Å². The topological polar surface area (TPSA) is 63.6 Å². The molecule has 4 nitrogen and oxygen atoms in total. The average molecular weight is 330 g/mol. The fraction of sp³-hybridized carbons (Fsp3) is 0.333. The number of ketones is 1. The first-order valence-electron chi connectivity index (χ1n) is 7.41. The van der Waals surface area contributed by atoms with Crippen molar-refractivity contribution in [2.45, 2.75) is 32.6 Å². The van der Waals surface area contributed by atoms with Crippen LogP contribution >= 0.6 is 11.3 Å². The Balaban J connectivity index is 2.05. The fourth-order valence-corrected chi connectivity index (χ4v) is 4.11. The molecule has 1 aliphatic carbocycles. The first-order chi connectivity index (χ1) is 10.8. The van der Waals surface area contributed by atoms with Crippen molar-refractivity contribution in [1.29, 1.82) is 0 Å². The second-order valence-corrected chi connectivity index (χ2v) is 7.10. The second-order valence-electron chi connectivity index (χ2n) is 6.16. The summed E-state index contributed by atoms with van der Waals surface area (Å²) < 4.78 is 5.39. The second kappa shape index (κ2) is 5.49. The van der Waals surface area contributed by atoms with Gasteiger partial charge in [-0.3, -0.25) is 4.79 Å². The summed E-state index contributed by atoms with van der Waals surface area (Å²) in [6, 6.07) is 5.79. The Morgan fingerprint density at radius 3 is 2.74 bits per heavy atom. The smallest absolute Gasteiger partial charge is 0.341 e. The number of thiophene rings is 1. The number of aliphatic carboxylic acids is 1. The third-order valence-electron chi connectivity index (χ3n) is 4.62. The maximum absolute atomic E-state index is 13.0. The molecule has 1 unspecified atom stereocenters. The zero-order valence-electron chi connectivity index (χ0n) is 13.3. The molecule has 0 saturated carbocycles. The third kappa shape index (κ3) is 2.45. The van der Waals surface area contributed by atoms with E-state index in [0.717, 1.165) is 27.1 Å². The van der Waals surface area contributed by atoms with Crippen LogP contribution in [-0.4, -0.2) is 23.5 Å². The van der Waals surface area contributed by atoms with Crippen molar-refractivity contribution in [1.82, 2.24) is 0 Å². The molecule has 0 bridgehead atoms. The van der Waals surface area contributed by atoms with Gasteiger partial charge in [-0.2, -0.15) is 0 Å². The van der Waals surface area contributed by atoms with Crippen molar-refractivity contribution < 1.29 is 19.4 Å². The summed E-state index contributed by atoms with van der Waals surface area (Å²) in [5.74, 6) is -0.325. The molecule has 0 fully saturated rings. The standard InChI is InChI=1S/C18H18O4S/c1-10-11(2)16-12(7-13(10)22-9-15(19)20)8-18(3,17(16)21)14-5-4-6-23-14/h4-7H,8-9H2,1-3H3,(H,19,20). The lowest BCUT2D eigenvalue weighted by Gasteiger charge is -2.20. The monoisotopic (exact) mass is 330 g/mol. The minimum atomic E-state index is -1.01. The summed E-state index contributed by atoms with van der Waals surface area (Å²) in [6.07, 6.45) is 0.617. The highest BCUT2D eigenvalue weighted by Gasteiger charge is 2.45. The molecule has 0 radical (unpaired) electrons. The van der Waals surface area contributed by atoms with Crippen LogP contribution < -0.4 is 4.74 Å². The quantitative estimate of drug-likeness (QED) is 0.931. The van der Waals surface area contributed by atoms with Crippen molar-refractivity contribution in [3.8, 4) is 5.75 Å². The molecular weight excluding hydrogens is 312 g/mol. The Morgan fingerprint density at radius 2 is 2.13 bits per heavy atom. The normalized spacial score (nSPS) is 19.7. The molecule has 5 heteroatoms. The number of fused-ring (bicyclic) bond motifs is 1. The van der Waals surface area contributed by atoms with Gasteiger partial charge in [-0.15, -0.1) is 11.3 Å². The summed E-state index contributed by atoms with van der Waals surface area (Å²) in [4.78, 5) is 24.8. The maximum atomic E-state index is 13.0. The number of carboxylic acid groups (broad SMARTS) is 1. The van der Waals surface area contributed by atoms with Gasteiger partial charge in [-0.1, -0.05) is 6.07 Å². The number of ether oxygens (including phenoxy) is 1. The summed E-state index contributed by atoms with van der Waals surface area (Å²) in [5, 5.41) is 10.8. The average Bonchev–Trinajstić information content (AvgIpc) is 3.10. The van der Waals surface area contributed by atoms with Gasteiger partial charge < -0.3 is 9.84 Å². The Bertz CT molecular complexity index is 792. The van der Waals surface area contributed by atoms with E-state index in [4.69, 9.17) is 9.84 Å². The molecule has 1 atom stereocenters. The first-order valence-corrected chi connectivity index (χ1v) is 8.29. The van der Waals surface area contributed by atoms with Crippen molar-refractivity contribution in [2.75, 3.05) is 6.61 Å². The molecule has 1 aliphatic rings. The van der Waals surface area contributed by atoms with Gasteiger partial charge in [0.15, 0.2) is 12.4 Å². The Kier molecular flexibility index (Phi) is 3.76. The zero-order valence-corrected chi connectivity index (χ0v) is 14.1. The van der Waals surface area contributed by atoms with E-state index in [1.807, 2.05) is 44.4 Å². The molecule has 1 aromatic heterocycles. The molecule has 0 aliphatic heterocycles. The molecule has 23 heavy (non-hydrogen) atoms. The van der Waals surface area contributed by atoms with Crippen molar-refractivity contribution in [2.24, 2.45) is 0 Å². The minimum Gasteiger partial charge on any atom is -0.482 e. The van der Waals surface area contributed by atoms with Gasteiger partial charge in [-0.05, 0) is 61.4 Å². The molecule has 0 amide bonds. The lowest BCUT2D eigenvalue weighted by Crippen LogP contribution is -2.28. The molecule has 1 heterocycles. The molecule has 1 N–H and O–H groups in total. The number of carbonyl (C=O) groups is 2. The van der Waals surface area contributed by atoms with E-state index in [-0.39, 0.29) is 12.4 Å². The van der Waals surface area contributed by atoms with Gasteiger partial charge in [-0.25, -0.2) is 4.79 Å². The van der Waals surface area contributed by atoms with E-state index >= 15 is 0 Å². The van der Waals surface area contributed by atoms with Crippen LogP contribution in [0.3, 0.4) is 0 Å². The predicted octanol–water partition coefficient (Wildman–Crippen LogP) is 3.53. The van der Waals surface area contributed by atoms with E-state index in [2.05, 4.69) is 0 Å². The molecule has 0 saturated heterocycles. The molecule has 120 valence electrons. The summed E-state index contributed by atoms with van der Waals surface area (Å²) >= 11 is 1.59. The fourth-order valence-electron chi connectivity index (χ4n) is 3.23. The van der Waals surface area contributed by atoms with Crippen LogP contribution in [0.4, 0.5) is 0 Å². The van der Waals surface area contributed by atoms with Crippen molar-refractivity contribution >= 4 is 23.1 Å². The maximum Gasteiger partial charge on any atom is 0.341 e. The van der Waals surface area contributed by atoms with Crippen molar-refractivity contribution in [3.05, 3.63) is 50.7 Å². The first kappa shape index (κ1) is 15.7. The van der Waals surface area contributed by atoms with Crippen LogP contribution in [0, 0.1) is 13.8 Å². The lowest BCUT2D eigenvalue weighted by atomic mass is 9.84. The molecule has 2 aromatic rings. The minimum absolute atomic E-state index is 0.139. The Hall–Kier alpha value is -2.14. The van der Waals surface area contributed by atoms with Crippen LogP contribution in [0.15, 0.2) is 23.6 Å². The van der Waals surface area contributed by atoms with Gasteiger partial charge in [0, 0.05) is 10.4 Å². The third-order valence-corrected chi connectivity index (χ3v) is 5.76. The highest BCUT2D eigenvalue weighted by molar-refractivity contribution is 7.10. The SMILES string of the molecule is Cc1c(OCC(=O)O)cc2c(c1C)C(=O)C(C)(c1cccs1)C2. The highest BCUT2D eigenvalue weighted by Crippen LogP contribution is 2.44. The summed E-state index contributed by atoms with van der Waals surface area (Å²) in [7, 11) is 0. The van der Waals surface area contributed by atoms with Crippen LogP contribution in [-0.2, 0) is 16.6 Å². The number of hydrogen-bond acceptors (Lipinski definition) is 4. The number of hydrogen-bond donors (Lipinski definition) is 1. The van der Waals surface area contributed by atoms with Crippen LogP contribution in [0.5, 0.6) is 5.75 Å². The lowest BCUT2D eigenvalue weighted by molar-refractivity contribution is -0.139. The molecule has 3 rings (SSSR count). The molecular formula is C18H18O4S. The predicted molar refractivity (Wildman–Crippen MR) is 88.8 cm³/mol. The van der Waals surface area contributed by atoms with Gasteiger partial charge in [0.05, 0.1) is 5.41 Å². The number of carboxylic acids is 1. The van der Waals surface area contributed by atoms with E-state index in [9.17, 15) is 9.59 Å². The Labute approximate surface area is 138 Å². The summed E-state index contributed by atoms with van der Waals surface area (Å²) in [5.41, 5.74) is 2.87. The van der Waals surface area contributed by atoms with E-state index in [1.165, 1.54) is 0 Å². The van der Waals surface area contributed by atoms with Gasteiger partial charge >= 0.3 is 5.97 Å². The van der Waals surface area contributed by atoms with E-state index < -0.39 is 11.4 Å². The highest BCUT2D eigenvalue weighted by atomic mass is 32.1. The summed E-state index contributed by atoms with van der Waals surface area (Å²) in [6.45, 7) is 5.36. The Morgan fingerprint density at radius 1 is 1.39 bits per heavy atom. The number of Topliss-reactive ketones (excluding diaryl/α,β-unsaturated/α-hetero) is 1. The van der Waals surface area contributed by atoms with Crippen LogP contribution in [0.2, 0.25) is 0 Å². The number of rotatable bonds is 4. The largest absolute Gasteiger partial charge is 0.482 e.